The van der Waals surface area contributed by atoms with Crippen molar-refractivity contribution in [1.29, 1.82) is 0 Å². The molecule has 0 saturated carbocycles. The number of sulfonamides is 1. The number of nitrogens with zero attached hydrogens (tertiary/aromatic N) is 3. The zero-order valence-corrected chi connectivity index (χ0v) is 16.5. The quantitative estimate of drug-likeness (QED) is 0.822. The van der Waals surface area contributed by atoms with Gasteiger partial charge in [0.15, 0.2) is 0 Å². The van der Waals surface area contributed by atoms with Crippen molar-refractivity contribution in [3.8, 4) is 0 Å². The summed E-state index contributed by atoms with van der Waals surface area (Å²) in [5, 5.41) is 7.23. The Morgan fingerprint density at radius 1 is 1.22 bits per heavy atom. The summed E-state index contributed by atoms with van der Waals surface area (Å²) >= 11 is 0. The topological polar surface area (TPSA) is 84.3 Å². The van der Waals surface area contributed by atoms with Crippen LogP contribution in [0.4, 0.5) is 5.82 Å². The Hall–Kier alpha value is -2.19. The minimum atomic E-state index is -3.49. The van der Waals surface area contributed by atoms with Gasteiger partial charge < -0.3 is 5.32 Å². The monoisotopic (exact) mass is 390 g/mol. The first-order chi connectivity index (χ1) is 12.9. The van der Waals surface area contributed by atoms with Gasteiger partial charge in [0.25, 0.3) is 0 Å². The Morgan fingerprint density at radius 2 is 1.89 bits per heavy atom. The number of amides is 1. The lowest BCUT2D eigenvalue weighted by Crippen LogP contribution is -2.41. The molecular weight excluding hydrogens is 364 g/mol. The molecule has 2 heterocycles. The van der Waals surface area contributed by atoms with Crippen LogP contribution in [0.15, 0.2) is 47.5 Å². The smallest absolute Gasteiger partial charge is 0.243 e. The van der Waals surface area contributed by atoms with Crippen LogP contribution in [0.1, 0.15) is 39.2 Å². The summed E-state index contributed by atoms with van der Waals surface area (Å²) in [6.07, 6.45) is 3.61. The highest BCUT2D eigenvalue weighted by Gasteiger charge is 2.32. The molecule has 1 unspecified atom stereocenters. The number of piperidine rings is 1. The molecule has 27 heavy (non-hydrogen) atoms. The molecule has 0 spiro atoms. The number of aromatic nitrogens is 2. The highest BCUT2D eigenvalue weighted by Crippen LogP contribution is 2.25. The highest BCUT2D eigenvalue weighted by atomic mass is 32.2. The molecule has 8 heteroatoms. The number of carbonyl (C=O) groups is 1. The third-order valence-electron chi connectivity index (χ3n) is 5.14. The summed E-state index contributed by atoms with van der Waals surface area (Å²) in [6, 6.07) is 10.4. The van der Waals surface area contributed by atoms with E-state index in [1.807, 2.05) is 4.68 Å². The molecule has 1 aliphatic heterocycles. The first-order valence-electron chi connectivity index (χ1n) is 9.33. The fraction of sp³-hybridized carbons (Fsp3) is 0.474. The maximum absolute atomic E-state index is 12.7. The molecule has 1 N–H and O–H groups in total. The highest BCUT2D eigenvalue weighted by molar-refractivity contribution is 7.89. The molecule has 1 fully saturated rings. The molecule has 2 aromatic rings. The van der Waals surface area contributed by atoms with Gasteiger partial charge in [-0.25, -0.2) is 13.1 Å². The van der Waals surface area contributed by atoms with Crippen molar-refractivity contribution in [1.82, 2.24) is 14.1 Å². The lowest BCUT2D eigenvalue weighted by atomic mass is 9.97. The maximum Gasteiger partial charge on any atom is 0.243 e. The summed E-state index contributed by atoms with van der Waals surface area (Å²) in [7, 11) is -3.49. The van der Waals surface area contributed by atoms with Gasteiger partial charge in [-0.05, 0) is 38.3 Å². The number of hydrogen-bond acceptors (Lipinski definition) is 4. The van der Waals surface area contributed by atoms with E-state index in [1.165, 1.54) is 4.31 Å². The number of benzene rings is 1. The molecule has 3 rings (SSSR count). The summed E-state index contributed by atoms with van der Waals surface area (Å²) in [5.74, 6) is 0.415. The van der Waals surface area contributed by atoms with E-state index in [-0.39, 0.29) is 17.9 Å². The number of anilines is 1. The van der Waals surface area contributed by atoms with Crippen molar-refractivity contribution < 1.29 is 13.2 Å². The minimum Gasteiger partial charge on any atom is -0.311 e. The lowest BCUT2D eigenvalue weighted by molar-refractivity contribution is -0.121. The summed E-state index contributed by atoms with van der Waals surface area (Å²) in [4.78, 5) is 12.9. The fourth-order valence-electron chi connectivity index (χ4n) is 3.27. The van der Waals surface area contributed by atoms with Crippen molar-refractivity contribution >= 4 is 21.7 Å². The van der Waals surface area contributed by atoms with Crippen LogP contribution in [0.5, 0.6) is 0 Å². The van der Waals surface area contributed by atoms with Crippen molar-refractivity contribution in [2.45, 2.75) is 44.0 Å². The van der Waals surface area contributed by atoms with E-state index < -0.39 is 10.0 Å². The number of nitrogens with one attached hydrogen (secondary N) is 1. The van der Waals surface area contributed by atoms with Crippen LogP contribution in [0.25, 0.3) is 0 Å². The number of hydrogen-bond donors (Lipinski definition) is 1. The van der Waals surface area contributed by atoms with E-state index in [0.29, 0.717) is 36.6 Å². The van der Waals surface area contributed by atoms with Crippen molar-refractivity contribution in [3.63, 3.8) is 0 Å². The average molecular weight is 391 g/mol. The van der Waals surface area contributed by atoms with E-state index in [1.54, 1.807) is 42.6 Å². The predicted octanol–water partition coefficient (Wildman–Crippen LogP) is 2.89. The third-order valence-corrected chi connectivity index (χ3v) is 7.05. The third kappa shape index (κ3) is 4.22. The molecule has 1 aliphatic rings. The van der Waals surface area contributed by atoms with Crippen LogP contribution in [0, 0.1) is 5.92 Å². The van der Waals surface area contributed by atoms with E-state index >= 15 is 0 Å². The van der Waals surface area contributed by atoms with Gasteiger partial charge in [-0.2, -0.15) is 9.40 Å². The molecule has 1 saturated heterocycles. The van der Waals surface area contributed by atoms with Gasteiger partial charge in [-0.1, -0.05) is 25.1 Å². The second-order valence-corrected chi connectivity index (χ2v) is 8.84. The zero-order chi connectivity index (χ0) is 19.4. The summed E-state index contributed by atoms with van der Waals surface area (Å²) in [5.41, 5.74) is 0. The van der Waals surface area contributed by atoms with Crippen LogP contribution in [-0.4, -0.2) is 41.5 Å². The predicted molar refractivity (Wildman–Crippen MR) is 104 cm³/mol. The van der Waals surface area contributed by atoms with Gasteiger partial charge in [-0.15, -0.1) is 0 Å². The van der Waals surface area contributed by atoms with E-state index in [9.17, 15) is 13.2 Å². The fourth-order valence-corrected chi connectivity index (χ4v) is 4.76. The Balaban J connectivity index is 1.61. The Morgan fingerprint density at radius 3 is 2.52 bits per heavy atom. The molecule has 1 aromatic carbocycles. The molecule has 146 valence electrons. The number of carbonyl (C=O) groups excluding carboxylic acids is 1. The maximum atomic E-state index is 12.7. The van der Waals surface area contributed by atoms with Gasteiger partial charge >= 0.3 is 0 Å². The average Bonchev–Trinajstić information content (AvgIpc) is 3.16. The first kappa shape index (κ1) is 19.6. The molecule has 1 aromatic heterocycles. The van der Waals surface area contributed by atoms with Gasteiger partial charge in [0, 0.05) is 25.1 Å². The van der Waals surface area contributed by atoms with Gasteiger partial charge in [-0.3, -0.25) is 4.79 Å². The van der Waals surface area contributed by atoms with Gasteiger partial charge in [0.1, 0.15) is 5.82 Å². The second-order valence-electron chi connectivity index (χ2n) is 6.90. The van der Waals surface area contributed by atoms with Gasteiger partial charge in [0.05, 0.1) is 17.1 Å². The zero-order valence-electron chi connectivity index (χ0n) is 15.7. The standard InChI is InChI=1S/C19H26N4O3S/c1-3-15(2)23-18(9-12-20-23)21-19(24)16-10-13-22(14-11-16)27(25,26)17-7-5-4-6-8-17/h4-9,12,15-16H,3,10-11,13-14H2,1-2H3,(H,21,24). The Labute approximate surface area is 160 Å². The van der Waals surface area contributed by atoms with Crippen LogP contribution < -0.4 is 5.32 Å². The van der Waals surface area contributed by atoms with E-state index in [2.05, 4.69) is 24.3 Å². The molecule has 0 bridgehead atoms. The van der Waals surface area contributed by atoms with Crippen molar-refractivity contribution in [2.24, 2.45) is 5.92 Å². The molecule has 1 atom stereocenters. The minimum absolute atomic E-state index is 0.0724. The number of rotatable bonds is 6. The van der Waals surface area contributed by atoms with Crippen molar-refractivity contribution in [2.75, 3.05) is 18.4 Å². The second kappa shape index (κ2) is 8.22. The molecule has 0 aliphatic carbocycles. The Kier molecular flexibility index (Phi) is 5.96. The Bertz CT molecular complexity index is 871. The van der Waals surface area contributed by atoms with Crippen LogP contribution in [0.2, 0.25) is 0 Å². The molecule has 7 nitrogen and oxygen atoms in total. The SMILES string of the molecule is CCC(C)n1nccc1NC(=O)C1CCN(S(=O)(=O)c2ccccc2)CC1. The van der Waals surface area contributed by atoms with Gasteiger partial charge in [0.2, 0.25) is 15.9 Å². The molecule has 0 radical (unpaired) electrons. The lowest BCUT2D eigenvalue weighted by Gasteiger charge is -2.30. The van der Waals surface area contributed by atoms with Crippen LogP contribution in [0.3, 0.4) is 0 Å². The molecule has 1 amide bonds. The van der Waals surface area contributed by atoms with E-state index in [0.717, 1.165) is 6.42 Å². The van der Waals surface area contributed by atoms with E-state index in [4.69, 9.17) is 0 Å². The normalized spacial score (nSPS) is 17.6. The molecular formula is C19H26N4O3S. The van der Waals surface area contributed by atoms with Crippen molar-refractivity contribution in [3.05, 3.63) is 42.6 Å². The first-order valence-corrected chi connectivity index (χ1v) is 10.8. The summed E-state index contributed by atoms with van der Waals surface area (Å²) in [6.45, 7) is 4.82. The largest absolute Gasteiger partial charge is 0.311 e. The van der Waals surface area contributed by atoms with Crippen LogP contribution in [-0.2, 0) is 14.8 Å². The summed E-state index contributed by atoms with van der Waals surface area (Å²) < 4.78 is 28.7. The van der Waals surface area contributed by atoms with Crippen LogP contribution >= 0.6 is 0 Å².